The number of hydrogen-bond acceptors (Lipinski definition) is 5. The van der Waals surface area contributed by atoms with Crippen molar-refractivity contribution in [3.05, 3.63) is 34.4 Å². The van der Waals surface area contributed by atoms with E-state index in [1.165, 1.54) is 28.6 Å². The SMILES string of the molecule is CC1C2CNCC2CN1S(=O)(=O)c1ccccc1[N+](=O)[O-]. The molecule has 21 heavy (non-hydrogen) atoms. The van der Waals surface area contributed by atoms with Crippen molar-refractivity contribution in [2.75, 3.05) is 19.6 Å². The van der Waals surface area contributed by atoms with E-state index in [0.29, 0.717) is 6.54 Å². The third-order valence-electron chi connectivity index (χ3n) is 4.53. The Morgan fingerprint density at radius 1 is 1.33 bits per heavy atom. The van der Waals surface area contributed by atoms with E-state index in [9.17, 15) is 18.5 Å². The Hall–Kier alpha value is -1.51. The number of nitro benzene ring substituents is 1. The largest absolute Gasteiger partial charge is 0.316 e. The molecule has 0 spiro atoms. The topological polar surface area (TPSA) is 92.6 Å². The maximum Gasteiger partial charge on any atom is 0.289 e. The van der Waals surface area contributed by atoms with Gasteiger partial charge in [-0.05, 0) is 37.9 Å². The summed E-state index contributed by atoms with van der Waals surface area (Å²) in [7, 11) is -3.84. The van der Waals surface area contributed by atoms with Crippen LogP contribution in [0.1, 0.15) is 6.92 Å². The Labute approximate surface area is 123 Å². The van der Waals surface area contributed by atoms with Crippen molar-refractivity contribution in [1.29, 1.82) is 0 Å². The van der Waals surface area contributed by atoms with Gasteiger partial charge in [-0.1, -0.05) is 12.1 Å². The summed E-state index contributed by atoms with van der Waals surface area (Å²) in [4.78, 5) is 10.2. The monoisotopic (exact) mass is 311 g/mol. The maximum atomic E-state index is 12.8. The molecule has 2 aliphatic heterocycles. The summed E-state index contributed by atoms with van der Waals surface area (Å²) in [6.45, 7) is 3.91. The van der Waals surface area contributed by atoms with Crippen molar-refractivity contribution in [3.8, 4) is 0 Å². The van der Waals surface area contributed by atoms with E-state index in [2.05, 4.69) is 5.32 Å². The number of nitrogens with one attached hydrogen (secondary N) is 1. The molecule has 0 radical (unpaired) electrons. The highest BCUT2D eigenvalue weighted by molar-refractivity contribution is 7.89. The highest BCUT2D eigenvalue weighted by Gasteiger charge is 2.48. The van der Waals surface area contributed by atoms with E-state index >= 15 is 0 Å². The fourth-order valence-electron chi connectivity index (χ4n) is 3.40. The minimum absolute atomic E-state index is 0.144. The molecule has 0 aromatic heterocycles. The van der Waals surface area contributed by atoms with E-state index in [1.54, 1.807) is 0 Å². The lowest BCUT2D eigenvalue weighted by Gasteiger charge is -2.23. The molecule has 3 unspecified atom stereocenters. The molecule has 0 bridgehead atoms. The van der Waals surface area contributed by atoms with Crippen molar-refractivity contribution in [3.63, 3.8) is 0 Å². The molecule has 0 amide bonds. The van der Waals surface area contributed by atoms with E-state index in [-0.39, 0.29) is 28.5 Å². The second-order valence-corrected chi connectivity index (χ2v) is 7.48. The highest BCUT2D eigenvalue weighted by Crippen LogP contribution is 2.37. The van der Waals surface area contributed by atoms with E-state index < -0.39 is 14.9 Å². The summed E-state index contributed by atoms with van der Waals surface area (Å²) in [6.07, 6.45) is 0. The fraction of sp³-hybridized carbons (Fsp3) is 0.538. The molecule has 0 saturated carbocycles. The van der Waals surface area contributed by atoms with Gasteiger partial charge in [0.05, 0.1) is 4.92 Å². The van der Waals surface area contributed by atoms with Gasteiger partial charge < -0.3 is 5.32 Å². The standard InChI is InChI=1S/C13H17N3O4S/c1-9-11-7-14-6-10(11)8-15(9)21(19,20)13-5-3-2-4-12(13)16(17)18/h2-5,9-11,14H,6-8H2,1H3. The number of benzene rings is 1. The molecule has 0 aliphatic carbocycles. The Morgan fingerprint density at radius 2 is 2.05 bits per heavy atom. The molecule has 1 N–H and O–H groups in total. The van der Waals surface area contributed by atoms with Crippen LogP contribution < -0.4 is 5.32 Å². The highest BCUT2D eigenvalue weighted by atomic mass is 32.2. The zero-order valence-corrected chi connectivity index (χ0v) is 12.4. The minimum Gasteiger partial charge on any atom is -0.316 e. The lowest BCUT2D eigenvalue weighted by atomic mass is 9.95. The van der Waals surface area contributed by atoms with Crippen LogP contribution in [0.3, 0.4) is 0 Å². The van der Waals surface area contributed by atoms with Gasteiger partial charge in [0.2, 0.25) is 10.0 Å². The second-order valence-electron chi connectivity index (χ2n) is 5.62. The molecule has 3 atom stereocenters. The molecular formula is C13H17N3O4S. The first-order valence-corrected chi connectivity index (χ1v) is 8.33. The second kappa shape index (κ2) is 5.04. The maximum absolute atomic E-state index is 12.8. The summed E-state index contributed by atoms with van der Waals surface area (Å²) in [5.74, 6) is 0.570. The van der Waals surface area contributed by atoms with Crippen LogP contribution in [-0.4, -0.2) is 43.3 Å². The van der Waals surface area contributed by atoms with Crippen LogP contribution in [0.15, 0.2) is 29.2 Å². The minimum atomic E-state index is -3.84. The van der Waals surface area contributed by atoms with Gasteiger partial charge in [-0.3, -0.25) is 10.1 Å². The first kappa shape index (κ1) is 14.4. The molecule has 2 heterocycles. The van der Waals surface area contributed by atoms with Crippen molar-refractivity contribution < 1.29 is 13.3 Å². The number of hydrogen-bond donors (Lipinski definition) is 1. The van der Waals surface area contributed by atoms with Crippen LogP contribution in [0.4, 0.5) is 5.69 Å². The van der Waals surface area contributed by atoms with Crippen LogP contribution in [-0.2, 0) is 10.0 Å². The van der Waals surface area contributed by atoms with Gasteiger partial charge in [0.15, 0.2) is 4.90 Å². The van der Waals surface area contributed by atoms with Crippen LogP contribution in [0.2, 0.25) is 0 Å². The zero-order valence-electron chi connectivity index (χ0n) is 11.6. The molecule has 1 aromatic carbocycles. The molecular weight excluding hydrogens is 294 g/mol. The molecule has 1 aromatic rings. The van der Waals surface area contributed by atoms with Crippen LogP contribution in [0.5, 0.6) is 0 Å². The Balaban J connectivity index is 2.00. The van der Waals surface area contributed by atoms with Gasteiger partial charge in [0.25, 0.3) is 5.69 Å². The van der Waals surface area contributed by atoms with Crippen LogP contribution in [0.25, 0.3) is 0 Å². The number of rotatable bonds is 3. The summed E-state index contributed by atoms with van der Waals surface area (Å²) < 4.78 is 27.0. The van der Waals surface area contributed by atoms with Crippen molar-refractivity contribution in [2.24, 2.45) is 11.8 Å². The van der Waals surface area contributed by atoms with Crippen molar-refractivity contribution in [2.45, 2.75) is 17.9 Å². The van der Waals surface area contributed by atoms with Gasteiger partial charge in [0.1, 0.15) is 0 Å². The molecule has 2 fully saturated rings. The molecule has 114 valence electrons. The third-order valence-corrected chi connectivity index (χ3v) is 6.53. The van der Waals surface area contributed by atoms with E-state index in [1.807, 2.05) is 6.92 Å². The fourth-order valence-corrected chi connectivity index (χ4v) is 5.29. The number of para-hydroxylation sites is 1. The summed E-state index contributed by atoms with van der Waals surface area (Å²) >= 11 is 0. The lowest BCUT2D eigenvalue weighted by Crippen LogP contribution is -2.38. The predicted octanol–water partition coefficient (Wildman–Crippen LogP) is 0.823. The normalized spacial score (nSPS) is 29.5. The zero-order chi connectivity index (χ0) is 15.2. The molecule has 8 heteroatoms. The predicted molar refractivity (Wildman–Crippen MR) is 76.3 cm³/mol. The van der Waals surface area contributed by atoms with Gasteiger partial charge in [-0.25, -0.2) is 8.42 Å². The van der Waals surface area contributed by atoms with E-state index in [0.717, 1.165) is 13.1 Å². The third kappa shape index (κ3) is 2.23. The summed E-state index contributed by atoms with van der Waals surface area (Å²) in [6, 6.07) is 5.39. The number of sulfonamides is 1. The van der Waals surface area contributed by atoms with Gasteiger partial charge in [-0.15, -0.1) is 0 Å². The first-order chi connectivity index (χ1) is 9.93. The quantitative estimate of drug-likeness (QED) is 0.659. The van der Waals surface area contributed by atoms with Gasteiger partial charge in [0, 0.05) is 18.7 Å². The average molecular weight is 311 g/mol. The molecule has 3 rings (SSSR count). The Morgan fingerprint density at radius 3 is 2.71 bits per heavy atom. The summed E-state index contributed by atoms with van der Waals surface area (Å²) in [5.41, 5.74) is -0.361. The van der Waals surface area contributed by atoms with Crippen molar-refractivity contribution in [1.82, 2.24) is 9.62 Å². The van der Waals surface area contributed by atoms with Gasteiger partial charge in [-0.2, -0.15) is 4.31 Å². The molecule has 2 saturated heterocycles. The Bertz CT molecular complexity index is 676. The smallest absolute Gasteiger partial charge is 0.289 e. The first-order valence-electron chi connectivity index (χ1n) is 6.89. The number of nitro groups is 1. The van der Waals surface area contributed by atoms with Crippen molar-refractivity contribution >= 4 is 15.7 Å². The van der Waals surface area contributed by atoms with Crippen LogP contribution in [0, 0.1) is 22.0 Å². The summed E-state index contributed by atoms with van der Waals surface area (Å²) in [5, 5.41) is 14.3. The van der Waals surface area contributed by atoms with E-state index in [4.69, 9.17) is 0 Å². The van der Waals surface area contributed by atoms with Crippen LogP contribution >= 0.6 is 0 Å². The van der Waals surface area contributed by atoms with Gasteiger partial charge >= 0.3 is 0 Å². The molecule has 7 nitrogen and oxygen atoms in total. The lowest BCUT2D eigenvalue weighted by molar-refractivity contribution is -0.387. The molecule has 2 aliphatic rings. The Kier molecular flexibility index (Phi) is 3.46. The number of nitrogens with zero attached hydrogens (tertiary/aromatic N) is 2. The number of fused-ring (bicyclic) bond motifs is 1. The average Bonchev–Trinajstić information content (AvgIpc) is 3.02.